The van der Waals surface area contributed by atoms with Gasteiger partial charge in [-0.3, -0.25) is 4.79 Å². The molecule has 5 aliphatic rings. The molecule has 1 N–H and O–H groups in total. The van der Waals surface area contributed by atoms with Crippen molar-refractivity contribution in [3.05, 3.63) is 0 Å². The monoisotopic (exact) mass is 277 g/mol. The Morgan fingerprint density at radius 3 is 2.30 bits per heavy atom. The number of carbonyl (C=O) groups excluding carboxylic acids is 1. The zero-order valence-corrected chi connectivity index (χ0v) is 12.4. The van der Waals surface area contributed by atoms with Crippen LogP contribution in [0.25, 0.3) is 0 Å². The van der Waals surface area contributed by atoms with E-state index in [1.54, 1.807) is 0 Å². The fourth-order valence-electron chi connectivity index (χ4n) is 5.78. The molecule has 1 unspecified atom stereocenters. The Balaban J connectivity index is 1.33. The molecule has 112 valence electrons. The maximum atomic E-state index is 12.7. The molecule has 0 aromatic rings. The Morgan fingerprint density at radius 2 is 1.75 bits per heavy atom. The fraction of sp³-hybridized carbons (Fsp3) is 0.941. The first kappa shape index (κ1) is 13.1. The van der Waals surface area contributed by atoms with Crippen LogP contribution in [0.15, 0.2) is 0 Å². The molecule has 5 fully saturated rings. The van der Waals surface area contributed by atoms with E-state index in [9.17, 15) is 4.79 Å². The van der Waals surface area contributed by atoms with Gasteiger partial charge in [-0.2, -0.15) is 0 Å². The first-order valence-corrected chi connectivity index (χ1v) is 8.59. The average molecular weight is 277 g/mol. The van der Waals surface area contributed by atoms with Crippen molar-refractivity contribution >= 4 is 5.91 Å². The quantitative estimate of drug-likeness (QED) is 0.858. The van der Waals surface area contributed by atoms with Gasteiger partial charge in [0.1, 0.15) is 0 Å². The summed E-state index contributed by atoms with van der Waals surface area (Å²) in [6.07, 6.45) is 10.0. The van der Waals surface area contributed by atoms with Gasteiger partial charge in [0.25, 0.3) is 0 Å². The van der Waals surface area contributed by atoms with Gasteiger partial charge in [-0.05, 0) is 75.0 Å². The van der Waals surface area contributed by atoms with Crippen molar-refractivity contribution in [2.75, 3.05) is 19.8 Å². The van der Waals surface area contributed by atoms with Gasteiger partial charge in [-0.25, -0.2) is 0 Å². The van der Waals surface area contributed by atoms with E-state index in [4.69, 9.17) is 4.74 Å². The van der Waals surface area contributed by atoms with Crippen molar-refractivity contribution in [2.24, 2.45) is 29.1 Å². The molecule has 0 radical (unpaired) electrons. The standard InChI is InChI=1S/C17H27NO2/c19-16(18-3-1-12-2-4-20-11-12)17-8-13-5-14(9-17)7-15(6-13)10-17/h12-15H,1-11H2,(H,18,19). The van der Waals surface area contributed by atoms with Crippen molar-refractivity contribution in [1.82, 2.24) is 5.32 Å². The molecule has 3 nitrogen and oxygen atoms in total. The summed E-state index contributed by atoms with van der Waals surface area (Å²) < 4.78 is 5.40. The fourth-order valence-corrected chi connectivity index (χ4v) is 5.78. The van der Waals surface area contributed by atoms with Crippen LogP contribution in [0.3, 0.4) is 0 Å². The number of amides is 1. The first-order chi connectivity index (χ1) is 9.73. The predicted octanol–water partition coefficient (Wildman–Crippen LogP) is 2.75. The minimum atomic E-state index is 0.0287. The molecule has 1 amide bonds. The summed E-state index contributed by atoms with van der Waals surface area (Å²) in [5, 5.41) is 3.27. The molecule has 0 spiro atoms. The third-order valence-corrected chi connectivity index (χ3v) is 6.38. The molecular weight excluding hydrogens is 250 g/mol. The van der Waals surface area contributed by atoms with Crippen LogP contribution >= 0.6 is 0 Å². The van der Waals surface area contributed by atoms with Crippen LogP contribution < -0.4 is 5.32 Å². The number of hydrogen-bond donors (Lipinski definition) is 1. The van der Waals surface area contributed by atoms with Crippen molar-refractivity contribution in [1.29, 1.82) is 0 Å². The van der Waals surface area contributed by atoms with Crippen molar-refractivity contribution < 1.29 is 9.53 Å². The number of carbonyl (C=O) groups is 1. The van der Waals surface area contributed by atoms with E-state index in [0.29, 0.717) is 11.8 Å². The highest BCUT2D eigenvalue weighted by atomic mass is 16.5. The Labute approximate surface area is 121 Å². The molecule has 4 aliphatic carbocycles. The minimum Gasteiger partial charge on any atom is -0.381 e. The van der Waals surface area contributed by atoms with E-state index in [2.05, 4.69) is 5.32 Å². The Bertz CT molecular complexity index is 351. The number of ether oxygens (including phenoxy) is 1. The normalized spacial score (nSPS) is 45.8. The maximum absolute atomic E-state index is 12.7. The van der Waals surface area contributed by atoms with Crippen LogP contribution in [-0.4, -0.2) is 25.7 Å². The van der Waals surface area contributed by atoms with E-state index in [0.717, 1.165) is 43.9 Å². The van der Waals surface area contributed by atoms with Gasteiger partial charge < -0.3 is 10.1 Å². The highest BCUT2D eigenvalue weighted by Gasteiger charge is 2.54. The van der Waals surface area contributed by atoms with Gasteiger partial charge in [0.05, 0.1) is 0 Å². The molecule has 1 heterocycles. The lowest BCUT2D eigenvalue weighted by Gasteiger charge is -2.55. The van der Waals surface area contributed by atoms with Gasteiger partial charge in [-0.1, -0.05) is 0 Å². The van der Waals surface area contributed by atoms with Crippen LogP contribution in [0.1, 0.15) is 51.4 Å². The van der Waals surface area contributed by atoms with Crippen molar-refractivity contribution in [3.8, 4) is 0 Å². The molecule has 1 atom stereocenters. The summed E-state index contributed by atoms with van der Waals surface area (Å²) >= 11 is 0. The number of nitrogens with one attached hydrogen (secondary N) is 1. The summed E-state index contributed by atoms with van der Waals surface area (Å²) in [5.41, 5.74) is 0.0287. The summed E-state index contributed by atoms with van der Waals surface area (Å²) in [7, 11) is 0. The lowest BCUT2D eigenvalue weighted by molar-refractivity contribution is -0.146. The molecule has 0 aromatic carbocycles. The lowest BCUT2D eigenvalue weighted by Crippen LogP contribution is -2.53. The third-order valence-electron chi connectivity index (χ3n) is 6.38. The molecule has 20 heavy (non-hydrogen) atoms. The molecule has 4 saturated carbocycles. The highest BCUT2D eigenvalue weighted by Crippen LogP contribution is 2.60. The topological polar surface area (TPSA) is 38.3 Å². The van der Waals surface area contributed by atoms with Gasteiger partial charge in [-0.15, -0.1) is 0 Å². The second kappa shape index (κ2) is 5.01. The van der Waals surface area contributed by atoms with Crippen molar-refractivity contribution in [3.63, 3.8) is 0 Å². The zero-order valence-electron chi connectivity index (χ0n) is 12.4. The molecule has 1 aliphatic heterocycles. The Morgan fingerprint density at radius 1 is 1.10 bits per heavy atom. The van der Waals surface area contributed by atoms with E-state index < -0.39 is 0 Å². The van der Waals surface area contributed by atoms with E-state index in [1.165, 1.54) is 44.9 Å². The number of hydrogen-bond acceptors (Lipinski definition) is 2. The second-order valence-electron chi connectivity index (χ2n) is 7.97. The van der Waals surface area contributed by atoms with Gasteiger partial charge >= 0.3 is 0 Å². The van der Waals surface area contributed by atoms with Crippen molar-refractivity contribution in [2.45, 2.75) is 51.4 Å². The second-order valence-corrected chi connectivity index (χ2v) is 7.97. The van der Waals surface area contributed by atoms with Crippen LogP contribution in [0.2, 0.25) is 0 Å². The van der Waals surface area contributed by atoms with Gasteiger partial charge in [0.15, 0.2) is 0 Å². The van der Waals surface area contributed by atoms with Crippen LogP contribution in [0.5, 0.6) is 0 Å². The Kier molecular flexibility index (Phi) is 3.29. The molecule has 3 heteroatoms. The van der Waals surface area contributed by atoms with Crippen LogP contribution in [0.4, 0.5) is 0 Å². The number of rotatable bonds is 4. The lowest BCUT2D eigenvalue weighted by atomic mass is 9.49. The predicted molar refractivity (Wildman–Crippen MR) is 77.2 cm³/mol. The average Bonchev–Trinajstić information content (AvgIpc) is 2.90. The van der Waals surface area contributed by atoms with E-state index in [1.807, 2.05) is 0 Å². The molecule has 4 bridgehead atoms. The molecule has 0 aromatic heterocycles. The highest BCUT2D eigenvalue weighted by molar-refractivity contribution is 5.83. The Hall–Kier alpha value is -0.570. The van der Waals surface area contributed by atoms with E-state index >= 15 is 0 Å². The van der Waals surface area contributed by atoms with E-state index in [-0.39, 0.29) is 5.41 Å². The summed E-state index contributed by atoms with van der Waals surface area (Å²) in [4.78, 5) is 12.7. The smallest absolute Gasteiger partial charge is 0.226 e. The maximum Gasteiger partial charge on any atom is 0.226 e. The van der Waals surface area contributed by atoms with Gasteiger partial charge in [0, 0.05) is 25.2 Å². The third kappa shape index (κ3) is 2.28. The van der Waals surface area contributed by atoms with Crippen LogP contribution in [0, 0.1) is 29.1 Å². The molecule has 5 rings (SSSR count). The van der Waals surface area contributed by atoms with Gasteiger partial charge in [0.2, 0.25) is 5.91 Å². The summed E-state index contributed by atoms with van der Waals surface area (Å²) in [6, 6.07) is 0. The molecular formula is C17H27NO2. The minimum absolute atomic E-state index is 0.0287. The summed E-state index contributed by atoms with van der Waals surface area (Å²) in [6.45, 7) is 2.66. The molecule has 1 saturated heterocycles. The zero-order chi connectivity index (χ0) is 13.6. The first-order valence-electron chi connectivity index (χ1n) is 8.59. The van der Waals surface area contributed by atoms with Crippen LogP contribution in [-0.2, 0) is 9.53 Å². The summed E-state index contributed by atoms with van der Waals surface area (Å²) in [5.74, 6) is 3.63. The largest absolute Gasteiger partial charge is 0.381 e. The SMILES string of the molecule is O=C(NCCC1CCOC1)C12CC3CC(CC(C3)C1)C2.